The van der Waals surface area contributed by atoms with Gasteiger partial charge in [-0.2, -0.15) is 0 Å². The van der Waals surface area contributed by atoms with Crippen molar-refractivity contribution in [2.75, 3.05) is 24.6 Å². The molecule has 0 amide bonds. The molecule has 0 spiro atoms. The molecule has 0 saturated carbocycles. The molecule has 3 nitrogen and oxygen atoms in total. The largest absolute Gasteiger partial charge is 0.494 e. The average Bonchev–Trinajstić information content (AvgIpc) is 2.61. The van der Waals surface area contributed by atoms with Crippen LogP contribution in [0.3, 0.4) is 0 Å². The molecule has 0 radical (unpaired) electrons. The molecule has 0 aromatic heterocycles. The third-order valence-electron chi connectivity index (χ3n) is 3.91. The Hall–Kier alpha value is -2.00. The lowest BCUT2D eigenvalue weighted by Gasteiger charge is -2.24. The van der Waals surface area contributed by atoms with Gasteiger partial charge in [0, 0.05) is 18.8 Å². The van der Waals surface area contributed by atoms with Gasteiger partial charge in [0.1, 0.15) is 5.75 Å². The Kier molecular flexibility index (Phi) is 6.95. The van der Waals surface area contributed by atoms with Gasteiger partial charge in [0.15, 0.2) is 0 Å². The number of aliphatic hydroxyl groups is 1. The fraction of sp³-hybridized carbons (Fsp3) is 0.400. The molecule has 3 heteroatoms. The summed E-state index contributed by atoms with van der Waals surface area (Å²) in [6, 6.07) is 18.1. The number of rotatable bonds is 9. The minimum absolute atomic E-state index is 0.451. The molecule has 2 rings (SSSR count). The maximum Gasteiger partial charge on any atom is 0.119 e. The number of anilines is 1. The zero-order chi connectivity index (χ0) is 16.5. The Labute approximate surface area is 139 Å². The molecule has 1 unspecified atom stereocenters. The van der Waals surface area contributed by atoms with E-state index in [4.69, 9.17) is 4.74 Å². The van der Waals surface area contributed by atoms with Crippen molar-refractivity contribution < 1.29 is 9.84 Å². The minimum atomic E-state index is -0.451. The van der Waals surface area contributed by atoms with Crippen LogP contribution in [0.5, 0.6) is 5.75 Å². The fourth-order valence-corrected chi connectivity index (χ4v) is 2.56. The summed E-state index contributed by atoms with van der Waals surface area (Å²) in [4.78, 5) is 2.28. The molecule has 0 fully saturated rings. The van der Waals surface area contributed by atoms with Crippen molar-refractivity contribution >= 4 is 5.69 Å². The molecule has 124 valence electrons. The zero-order valence-corrected chi connectivity index (χ0v) is 14.1. The van der Waals surface area contributed by atoms with E-state index in [9.17, 15) is 5.11 Å². The van der Waals surface area contributed by atoms with E-state index in [-0.39, 0.29) is 0 Å². The predicted octanol–water partition coefficient (Wildman–Crippen LogP) is 4.43. The summed E-state index contributed by atoms with van der Waals surface area (Å²) in [5, 5.41) is 10.4. The molecule has 0 aliphatic rings. The van der Waals surface area contributed by atoms with Crippen LogP contribution in [-0.2, 0) is 0 Å². The molecular formula is C20H27NO2. The number of nitrogens with zero attached hydrogens (tertiary/aromatic N) is 1. The van der Waals surface area contributed by atoms with Gasteiger partial charge in [0.25, 0.3) is 0 Å². The number of ether oxygens (including phenoxy) is 1. The summed E-state index contributed by atoms with van der Waals surface area (Å²) in [7, 11) is 0. The Balaban J connectivity index is 1.89. The molecular weight excluding hydrogens is 286 g/mol. The van der Waals surface area contributed by atoms with E-state index in [0.717, 1.165) is 37.4 Å². The predicted molar refractivity (Wildman–Crippen MR) is 96.1 cm³/mol. The van der Waals surface area contributed by atoms with Crippen LogP contribution >= 0.6 is 0 Å². The van der Waals surface area contributed by atoms with Crippen molar-refractivity contribution in [3.63, 3.8) is 0 Å². The Morgan fingerprint density at radius 2 is 1.70 bits per heavy atom. The Morgan fingerprint density at radius 1 is 1.00 bits per heavy atom. The first-order chi connectivity index (χ1) is 11.2. The van der Waals surface area contributed by atoms with Gasteiger partial charge < -0.3 is 14.7 Å². The van der Waals surface area contributed by atoms with Crippen molar-refractivity contribution in [2.24, 2.45) is 0 Å². The van der Waals surface area contributed by atoms with E-state index < -0.39 is 6.10 Å². The SMILES string of the molecule is CCCOc1ccc(C(O)CCN(CC)c2ccccc2)cc1. The zero-order valence-electron chi connectivity index (χ0n) is 14.1. The third kappa shape index (κ3) is 5.29. The van der Waals surface area contributed by atoms with Crippen LogP contribution in [0, 0.1) is 0 Å². The van der Waals surface area contributed by atoms with Crippen LogP contribution in [0.15, 0.2) is 54.6 Å². The standard InChI is InChI=1S/C20H27NO2/c1-3-16-23-19-12-10-17(11-13-19)20(22)14-15-21(4-2)18-8-6-5-7-9-18/h5-13,20,22H,3-4,14-16H2,1-2H3. The highest BCUT2D eigenvalue weighted by molar-refractivity contribution is 5.45. The van der Waals surface area contributed by atoms with Crippen LogP contribution in [0.4, 0.5) is 5.69 Å². The second-order valence-corrected chi connectivity index (χ2v) is 5.64. The quantitative estimate of drug-likeness (QED) is 0.743. The van der Waals surface area contributed by atoms with Crippen LogP contribution in [0.2, 0.25) is 0 Å². The minimum Gasteiger partial charge on any atom is -0.494 e. The van der Waals surface area contributed by atoms with E-state index in [0.29, 0.717) is 6.42 Å². The van der Waals surface area contributed by atoms with Gasteiger partial charge in [0.2, 0.25) is 0 Å². The van der Waals surface area contributed by atoms with Crippen molar-refractivity contribution in [1.29, 1.82) is 0 Å². The molecule has 2 aromatic carbocycles. The first-order valence-corrected chi connectivity index (χ1v) is 8.45. The van der Waals surface area contributed by atoms with E-state index in [1.165, 1.54) is 5.69 Å². The van der Waals surface area contributed by atoms with Gasteiger partial charge in [-0.25, -0.2) is 0 Å². The highest BCUT2D eigenvalue weighted by Gasteiger charge is 2.11. The summed E-state index contributed by atoms with van der Waals surface area (Å²) >= 11 is 0. The van der Waals surface area contributed by atoms with E-state index >= 15 is 0 Å². The number of para-hydroxylation sites is 1. The van der Waals surface area contributed by atoms with Crippen LogP contribution < -0.4 is 9.64 Å². The normalized spacial score (nSPS) is 12.0. The average molecular weight is 313 g/mol. The van der Waals surface area contributed by atoms with E-state index in [1.54, 1.807) is 0 Å². The van der Waals surface area contributed by atoms with Crippen LogP contribution in [0.1, 0.15) is 38.4 Å². The van der Waals surface area contributed by atoms with Crippen LogP contribution in [0.25, 0.3) is 0 Å². The smallest absolute Gasteiger partial charge is 0.119 e. The maximum absolute atomic E-state index is 10.4. The fourth-order valence-electron chi connectivity index (χ4n) is 2.56. The Bertz CT molecular complexity index is 554. The molecule has 1 N–H and O–H groups in total. The lowest BCUT2D eigenvalue weighted by atomic mass is 10.1. The lowest BCUT2D eigenvalue weighted by molar-refractivity contribution is 0.169. The summed E-state index contributed by atoms with van der Waals surface area (Å²) in [6.07, 6.45) is 1.25. The summed E-state index contributed by atoms with van der Waals surface area (Å²) in [6.45, 7) is 6.71. The number of hydrogen-bond acceptors (Lipinski definition) is 3. The first kappa shape index (κ1) is 17.4. The monoisotopic (exact) mass is 313 g/mol. The summed E-state index contributed by atoms with van der Waals surface area (Å²) < 4.78 is 5.57. The number of aliphatic hydroxyl groups excluding tert-OH is 1. The van der Waals surface area contributed by atoms with Gasteiger partial charge in [0.05, 0.1) is 12.7 Å². The Morgan fingerprint density at radius 3 is 2.30 bits per heavy atom. The molecule has 2 aromatic rings. The number of benzene rings is 2. The summed E-state index contributed by atoms with van der Waals surface area (Å²) in [5.74, 6) is 0.863. The van der Waals surface area contributed by atoms with Crippen molar-refractivity contribution in [3.05, 3.63) is 60.2 Å². The molecule has 0 bridgehead atoms. The molecule has 0 aliphatic heterocycles. The van der Waals surface area contributed by atoms with Crippen LogP contribution in [-0.4, -0.2) is 24.8 Å². The molecule has 1 atom stereocenters. The maximum atomic E-state index is 10.4. The topological polar surface area (TPSA) is 32.7 Å². The highest BCUT2D eigenvalue weighted by atomic mass is 16.5. The van der Waals surface area contributed by atoms with E-state index in [2.05, 4.69) is 30.9 Å². The molecule has 23 heavy (non-hydrogen) atoms. The third-order valence-corrected chi connectivity index (χ3v) is 3.91. The summed E-state index contributed by atoms with van der Waals surface area (Å²) in [5.41, 5.74) is 2.14. The number of hydrogen-bond donors (Lipinski definition) is 1. The van der Waals surface area contributed by atoms with Gasteiger partial charge in [-0.3, -0.25) is 0 Å². The highest BCUT2D eigenvalue weighted by Crippen LogP contribution is 2.22. The van der Waals surface area contributed by atoms with Gasteiger partial charge in [-0.1, -0.05) is 37.3 Å². The van der Waals surface area contributed by atoms with Crippen molar-refractivity contribution in [1.82, 2.24) is 0 Å². The second-order valence-electron chi connectivity index (χ2n) is 5.64. The first-order valence-electron chi connectivity index (χ1n) is 8.45. The molecule has 0 heterocycles. The van der Waals surface area contributed by atoms with Gasteiger partial charge >= 0.3 is 0 Å². The van der Waals surface area contributed by atoms with Crippen molar-refractivity contribution in [2.45, 2.75) is 32.8 Å². The second kappa shape index (κ2) is 9.21. The lowest BCUT2D eigenvalue weighted by Crippen LogP contribution is -2.25. The molecule has 0 aliphatic carbocycles. The van der Waals surface area contributed by atoms with Crippen molar-refractivity contribution in [3.8, 4) is 5.75 Å². The van der Waals surface area contributed by atoms with Gasteiger partial charge in [-0.05, 0) is 49.6 Å². The molecule has 0 saturated heterocycles. The van der Waals surface area contributed by atoms with Gasteiger partial charge in [-0.15, -0.1) is 0 Å². The van der Waals surface area contributed by atoms with E-state index in [1.807, 2.05) is 42.5 Å².